The Morgan fingerprint density at radius 2 is 1.83 bits per heavy atom. The first-order chi connectivity index (χ1) is 10.9. The predicted octanol–water partition coefficient (Wildman–Crippen LogP) is 3.22. The summed E-state index contributed by atoms with van der Waals surface area (Å²) >= 11 is 0. The van der Waals surface area contributed by atoms with E-state index in [9.17, 15) is 8.42 Å². The van der Waals surface area contributed by atoms with Crippen LogP contribution in [0.4, 0.5) is 0 Å². The Kier molecular flexibility index (Phi) is 5.85. The zero-order chi connectivity index (χ0) is 16.9. The molecule has 6 heteroatoms. The fraction of sp³-hybridized carbons (Fsp3) is 0.412. The van der Waals surface area contributed by atoms with Crippen molar-refractivity contribution < 1.29 is 17.6 Å². The van der Waals surface area contributed by atoms with Gasteiger partial charge in [0.2, 0.25) is 10.0 Å². The summed E-state index contributed by atoms with van der Waals surface area (Å²) in [6, 6.07) is 9.80. The molecule has 0 fully saturated rings. The molecule has 0 saturated heterocycles. The van der Waals surface area contributed by atoms with Gasteiger partial charge in [0.15, 0.2) is 0 Å². The molecule has 2 aromatic rings. The third-order valence-electron chi connectivity index (χ3n) is 3.16. The lowest BCUT2D eigenvalue weighted by Crippen LogP contribution is -2.34. The summed E-state index contributed by atoms with van der Waals surface area (Å²) in [5.41, 5.74) is 0. The number of rotatable bonds is 8. The van der Waals surface area contributed by atoms with Gasteiger partial charge in [-0.1, -0.05) is 13.8 Å². The molecular weight excluding hydrogens is 314 g/mol. The van der Waals surface area contributed by atoms with Gasteiger partial charge in [-0.25, -0.2) is 13.1 Å². The van der Waals surface area contributed by atoms with Crippen LogP contribution in [0.2, 0.25) is 0 Å². The van der Waals surface area contributed by atoms with Gasteiger partial charge < -0.3 is 9.15 Å². The van der Waals surface area contributed by atoms with Crippen LogP contribution in [0, 0.1) is 5.92 Å². The highest BCUT2D eigenvalue weighted by molar-refractivity contribution is 7.89. The average Bonchev–Trinajstić information content (AvgIpc) is 2.97. The van der Waals surface area contributed by atoms with Crippen molar-refractivity contribution in [3.8, 4) is 5.75 Å². The second-order valence-corrected chi connectivity index (χ2v) is 7.70. The van der Waals surface area contributed by atoms with Crippen LogP contribution in [0.25, 0.3) is 0 Å². The highest BCUT2D eigenvalue weighted by Gasteiger charge is 2.18. The number of furan rings is 1. The molecule has 0 amide bonds. The van der Waals surface area contributed by atoms with Gasteiger partial charge in [-0.2, -0.15) is 0 Å². The first-order valence-corrected chi connectivity index (χ1v) is 9.12. The quantitative estimate of drug-likeness (QED) is 0.803. The molecule has 1 N–H and O–H groups in total. The summed E-state index contributed by atoms with van der Waals surface area (Å²) < 4.78 is 38.2. The number of hydrogen-bond donors (Lipinski definition) is 1. The van der Waals surface area contributed by atoms with Gasteiger partial charge in [-0.05, 0) is 49.2 Å². The molecule has 0 saturated carbocycles. The van der Waals surface area contributed by atoms with Crippen molar-refractivity contribution in [1.82, 2.24) is 4.72 Å². The summed E-state index contributed by atoms with van der Waals surface area (Å²) in [5, 5.41) is 0. The van der Waals surface area contributed by atoms with E-state index >= 15 is 0 Å². The molecule has 2 rings (SSSR count). The maximum atomic E-state index is 12.4. The van der Waals surface area contributed by atoms with Crippen molar-refractivity contribution in [3.05, 3.63) is 48.4 Å². The Balaban J connectivity index is 1.98. The van der Waals surface area contributed by atoms with E-state index in [0.29, 0.717) is 24.7 Å². The number of sulfonamides is 1. The first-order valence-electron chi connectivity index (χ1n) is 7.64. The Bertz CT molecular complexity index is 691. The number of nitrogens with one attached hydrogen (secondary N) is 1. The van der Waals surface area contributed by atoms with Gasteiger partial charge in [0.05, 0.1) is 17.8 Å². The van der Waals surface area contributed by atoms with Crippen molar-refractivity contribution in [2.45, 2.75) is 38.1 Å². The summed E-state index contributed by atoms with van der Waals surface area (Å²) in [7, 11) is -3.56. The number of ether oxygens (including phenoxy) is 1. The summed E-state index contributed by atoms with van der Waals surface area (Å²) in [6.45, 7) is 6.52. The van der Waals surface area contributed by atoms with E-state index in [-0.39, 0.29) is 10.9 Å². The van der Waals surface area contributed by atoms with E-state index in [1.165, 1.54) is 0 Å². The molecule has 1 heterocycles. The zero-order valence-electron chi connectivity index (χ0n) is 13.7. The van der Waals surface area contributed by atoms with E-state index in [2.05, 4.69) is 18.6 Å². The molecular formula is C17H23NO4S. The number of benzene rings is 1. The molecule has 1 aromatic carbocycles. The van der Waals surface area contributed by atoms with Crippen LogP contribution >= 0.6 is 0 Å². The lowest BCUT2D eigenvalue weighted by Gasteiger charge is -2.14. The fourth-order valence-electron chi connectivity index (χ4n) is 2.08. The van der Waals surface area contributed by atoms with Crippen LogP contribution in [0.15, 0.2) is 52.0 Å². The Labute approximate surface area is 137 Å². The van der Waals surface area contributed by atoms with Crippen LogP contribution < -0.4 is 9.46 Å². The summed E-state index contributed by atoms with van der Waals surface area (Å²) in [4.78, 5) is 0.223. The zero-order valence-corrected chi connectivity index (χ0v) is 14.5. The normalized spacial score (nSPS) is 13.2. The molecule has 1 aromatic heterocycles. The second kappa shape index (κ2) is 7.66. The van der Waals surface area contributed by atoms with Crippen LogP contribution in [-0.4, -0.2) is 21.1 Å². The predicted molar refractivity (Wildman–Crippen MR) is 89.0 cm³/mol. The van der Waals surface area contributed by atoms with Crippen LogP contribution in [0.5, 0.6) is 5.75 Å². The minimum Gasteiger partial charge on any atom is -0.493 e. The highest BCUT2D eigenvalue weighted by Crippen LogP contribution is 2.17. The summed E-state index contributed by atoms with van der Waals surface area (Å²) in [6.07, 6.45) is 2.08. The minimum absolute atomic E-state index is 0.223. The van der Waals surface area contributed by atoms with Crippen LogP contribution in [0.3, 0.4) is 0 Å². The van der Waals surface area contributed by atoms with E-state index in [4.69, 9.17) is 9.15 Å². The van der Waals surface area contributed by atoms with Crippen molar-refractivity contribution in [3.63, 3.8) is 0 Å². The van der Waals surface area contributed by atoms with Crippen LogP contribution in [-0.2, 0) is 16.4 Å². The van der Waals surface area contributed by atoms with Crippen molar-refractivity contribution in [2.75, 3.05) is 6.61 Å². The van der Waals surface area contributed by atoms with Crippen LogP contribution in [0.1, 0.15) is 26.5 Å². The second-order valence-electron chi connectivity index (χ2n) is 5.98. The van der Waals surface area contributed by atoms with Gasteiger partial charge >= 0.3 is 0 Å². The van der Waals surface area contributed by atoms with Crippen molar-refractivity contribution >= 4 is 10.0 Å². The Morgan fingerprint density at radius 3 is 2.39 bits per heavy atom. The third-order valence-corrected chi connectivity index (χ3v) is 4.77. The smallest absolute Gasteiger partial charge is 0.240 e. The lowest BCUT2D eigenvalue weighted by molar-refractivity contribution is 0.271. The van der Waals surface area contributed by atoms with Crippen molar-refractivity contribution in [2.24, 2.45) is 5.92 Å². The number of hydrogen-bond acceptors (Lipinski definition) is 4. The maximum Gasteiger partial charge on any atom is 0.240 e. The standard InChI is InChI=1S/C17H23NO4S/c1-13(2)12-22-15-6-8-17(9-7-15)23(19,20)18-14(3)11-16-5-4-10-21-16/h4-10,13-14,18H,11-12H2,1-3H3. The van der Waals surface area contributed by atoms with Gasteiger partial charge in [-0.3, -0.25) is 0 Å². The topological polar surface area (TPSA) is 68.5 Å². The van der Waals surface area contributed by atoms with E-state index in [0.717, 1.165) is 5.76 Å². The van der Waals surface area contributed by atoms with E-state index < -0.39 is 10.0 Å². The van der Waals surface area contributed by atoms with Gasteiger partial charge in [0.25, 0.3) is 0 Å². The molecule has 1 atom stereocenters. The Morgan fingerprint density at radius 1 is 1.13 bits per heavy atom. The molecule has 23 heavy (non-hydrogen) atoms. The minimum atomic E-state index is -3.56. The molecule has 0 aliphatic carbocycles. The van der Waals surface area contributed by atoms with Gasteiger partial charge in [0, 0.05) is 12.5 Å². The summed E-state index contributed by atoms with van der Waals surface area (Å²) in [5.74, 6) is 1.83. The van der Waals surface area contributed by atoms with Gasteiger partial charge in [0.1, 0.15) is 11.5 Å². The first kappa shape index (κ1) is 17.6. The molecule has 0 bridgehead atoms. The molecule has 126 valence electrons. The molecule has 1 unspecified atom stereocenters. The lowest BCUT2D eigenvalue weighted by atomic mass is 10.2. The maximum absolute atomic E-state index is 12.4. The molecule has 0 radical (unpaired) electrons. The third kappa shape index (κ3) is 5.41. The SMILES string of the molecule is CC(C)COc1ccc(S(=O)(=O)NC(C)Cc2ccco2)cc1. The van der Waals surface area contributed by atoms with E-state index in [1.54, 1.807) is 43.5 Å². The molecule has 0 aliphatic rings. The molecule has 0 spiro atoms. The van der Waals surface area contributed by atoms with Crippen molar-refractivity contribution in [1.29, 1.82) is 0 Å². The van der Waals surface area contributed by atoms with Gasteiger partial charge in [-0.15, -0.1) is 0 Å². The average molecular weight is 337 g/mol. The molecule has 5 nitrogen and oxygen atoms in total. The van der Waals surface area contributed by atoms with E-state index in [1.807, 2.05) is 6.07 Å². The monoisotopic (exact) mass is 337 g/mol. The highest BCUT2D eigenvalue weighted by atomic mass is 32.2. The Hall–Kier alpha value is -1.79. The molecule has 0 aliphatic heterocycles. The fourth-order valence-corrected chi connectivity index (χ4v) is 3.33. The largest absolute Gasteiger partial charge is 0.493 e.